The molecule has 0 saturated heterocycles. The average Bonchev–Trinajstić information content (AvgIpc) is 2.56. The lowest BCUT2D eigenvalue weighted by atomic mass is 9.91. The highest BCUT2D eigenvalue weighted by Crippen LogP contribution is 2.49. The van der Waals surface area contributed by atoms with E-state index >= 15 is 0 Å². The Balaban J connectivity index is 2.49. The molecule has 0 fully saturated rings. The molecule has 2 N–H and O–H groups in total. The van der Waals surface area contributed by atoms with Gasteiger partial charge in [-0.1, -0.05) is 24.3 Å². The maximum absolute atomic E-state index is 10.7. The maximum atomic E-state index is 10.7. The van der Waals surface area contributed by atoms with Crippen molar-refractivity contribution in [2.75, 3.05) is 14.2 Å². The summed E-state index contributed by atoms with van der Waals surface area (Å²) in [5, 5.41) is 23.1. The predicted octanol–water partition coefficient (Wildman–Crippen LogP) is 4.55. The molecule has 0 aliphatic carbocycles. The Morgan fingerprint density at radius 2 is 1.58 bits per heavy atom. The monoisotopic (exact) mass is 324 g/mol. The third-order valence-corrected chi connectivity index (χ3v) is 4.34. The summed E-state index contributed by atoms with van der Waals surface area (Å²) in [6.45, 7) is 3.74. The number of ether oxygens (including phenoxy) is 2. The lowest BCUT2D eigenvalue weighted by Gasteiger charge is -2.19. The van der Waals surface area contributed by atoms with E-state index in [1.807, 2.05) is 38.1 Å². The lowest BCUT2D eigenvalue weighted by molar-refractivity contribution is 0.375. The Morgan fingerprint density at radius 1 is 0.875 bits per heavy atom. The van der Waals surface area contributed by atoms with Crippen molar-refractivity contribution in [2.45, 2.75) is 13.8 Å². The fourth-order valence-corrected chi connectivity index (χ4v) is 3.29. The normalized spacial score (nSPS) is 10.8. The Labute approximate surface area is 140 Å². The second kappa shape index (κ2) is 5.96. The maximum Gasteiger partial charge on any atom is 0.166 e. The zero-order valence-electron chi connectivity index (χ0n) is 14.2. The molecule has 24 heavy (non-hydrogen) atoms. The first-order valence-corrected chi connectivity index (χ1v) is 7.65. The fraction of sp³-hybridized carbons (Fsp3) is 0.200. The molecule has 0 spiro atoms. The molecule has 0 aliphatic heterocycles. The van der Waals surface area contributed by atoms with Crippen molar-refractivity contribution in [3.8, 4) is 34.1 Å². The van der Waals surface area contributed by atoms with Crippen LogP contribution >= 0.6 is 0 Å². The first-order valence-electron chi connectivity index (χ1n) is 7.65. The van der Waals surface area contributed by atoms with Gasteiger partial charge in [-0.15, -0.1) is 0 Å². The van der Waals surface area contributed by atoms with Crippen LogP contribution in [-0.2, 0) is 0 Å². The molecule has 0 bridgehead atoms. The molecule has 3 rings (SSSR count). The number of hydrogen-bond acceptors (Lipinski definition) is 4. The third kappa shape index (κ3) is 2.31. The minimum atomic E-state index is 0.000469. The fourth-order valence-electron chi connectivity index (χ4n) is 3.29. The molecule has 0 heterocycles. The second-order valence-electron chi connectivity index (χ2n) is 5.77. The molecule has 4 heteroatoms. The van der Waals surface area contributed by atoms with Gasteiger partial charge in [0.05, 0.1) is 14.2 Å². The van der Waals surface area contributed by atoms with Crippen LogP contribution in [0.25, 0.3) is 21.9 Å². The van der Waals surface area contributed by atoms with Crippen LogP contribution in [0, 0.1) is 13.8 Å². The summed E-state index contributed by atoms with van der Waals surface area (Å²) in [5.41, 5.74) is 2.69. The molecule has 0 aliphatic rings. The first-order chi connectivity index (χ1) is 11.5. The number of aromatic hydroxyl groups is 2. The van der Waals surface area contributed by atoms with Crippen LogP contribution in [0.1, 0.15) is 11.1 Å². The lowest BCUT2D eigenvalue weighted by Crippen LogP contribution is -1.96. The summed E-state index contributed by atoms with van der Waals surface area (Å²) in [6, 6.07) is 11.1. The van der Waals surface area contributed by atoms with Gasteiger partial charge in [-0.05, 0) is 42.3 Å². The van der Waals surface area contributed by atoms with Crippen LogP contribution in [0.4, 0.5) is 0 Å². The SMILES string of the molecule is COc1cc2ccccc2c(-c2c(O)cc(C)c(OC)c2C)c1O. The Morgan fingerprint density at radius 3 is 2.25 bits per heavy atom. The van der Waals surface area contributed by atoms with E-state index in [1.165, 1.54) is 7.11 Å². The summed E-state index contributed by atoms with van der Waals surface area (Å²) < 4.78 is 10.8. The zero-order valence-corrected chi connectivity index (χ0v) is 14.2. The van der Waals surface area contributed by atoms with Gasteiger partial charge in [-0.3, -0.25) is 0 Å². The molecular weight excluding hydrogens is 304 g/mol. The quantitative estimate of drug-likeness (QED) is 0.742. The Hall–Kier alpha value is -2.88. The van der Waals surface area contributed by atoms with Crippen LogP contribution < -0.4 is 9.47 Å². The van der Waals surface area contributed by atoms with Gasteiger partial charge >= 0.3 is 0 Å². The van der Waals surface area contributed by atoms with Gasteiger partial charge in [0.2, 0.25) is 0 Å². The Bertz CT molecular complexity index is 929. The standard InChI is InChI=1S/C20H20O4/c1-11-9-15(21)17(12(2)20(11)24-4)18-14-8-6-5-7-13(14)10-16(23-3)19(18)22/h5-10,21-22H,1-4H3. The highest BCUT2D eigenvalue weighted by Gasteiger charge is 2.22. The summed E-state index contributed by atoms with van der Waals surface area (Å²) in [4.78, 5) is 0. The topological polar surface area (TPSA) is 58.9 Å². The minimum absolute atomic E-state index is 0.000469. The minimum Gasteiger partial charge on any atom is -0.507 e. The van der Waals surface area contributed by atoms with Crippen LogP contribution in [0.2, 0.25) is 0 Å². The van der Waals surface area contributed by atoms with Crippen LogP contribution in [-0.4, -0.2) is 24.4 Å². The number of aryl methyl sites for hydroxylation is 1. The van der Waals surface area contributed by atoms with E-state index in [-0.39, 0.29) is 11.5 Å². The van der Waals surface area contributed by atoms with Gasteiger partial charge in [0.25, 0.3) is 0 Å². The highest BCUT2D eigenvalue weighted by atomic mass is 16.5. The summed E-state index contributed by atoms with van der Waals surface area (Å²) >= 11 is 0. The summed E-state index contributed by atoms with van der Waals surface area (Å²) in [5.74, 6) is 1.15. The molecule has 3 aromatic carbocycles. The van der Waals surface area contributed by atoms with E-state index < -0.39 is 0 Å². The number of rotatable bonds is 3. The van der Waals surface area contributed by atoms with Crippen molar-refractivity contribution in [3.05, 3.63) is 47.5 Å². The van der Waals surface area contributed by atoms with E-state index in [1.54, 1.807) is 19.2 Å². The molecule has 0 unspecified atom stereocenters. The van der Waals surface area contributed by atoms with Crippen molar-refractivity contribution >= 4 is 10.8 Å². The van der Waals surface area contributed by atoms with Gasteiger partial charge < -0.3 is 19.7 Å². The number of fused-ring (bicyclic) bond motifs is 1. The van der Waals surface area contributed by atoms with Crippen LogP contribution in [0.15, 0.2) is 36.4 Å². The van der Waals surface area contributed by atoms with E-state index in [2.05, 4.69) is 0 Å². The summed E-state index contributed by atoms with van der Waals surface area (Å²) in [6.07, 6.45) is 0. The van der Waals surface area contributed by atoms with Crippen molar-refractivity contribution in [1.82, 2.24) is 0 Å². The molecule has 4 nitrogen and oxygen atoms in total. The molecule has 0 aromatic heterocycles. The van der Waals surface area contributed by atoms with Gasteiger partial charge in [0, 0.05) is 16.7 Å². The molecule has 0 radical (unpaired) electrons. The molecule has 0 atom stereocenters. The number of methoxy groups -OCH3 is 2. The van der Waals surface area contributed by atoms with Crippen molar-refractivity contribution < 1.29 is 19.7 Å². The molecular formula is C20H20O4. The summed E-state index contributed by atoms with van der Waals surface area (Å²) in [7, 11) is 3.11. The average molecular weight is 324 g/mol. The van der Waals surface area contributed by atoms with E-state index in [0.29, 0.717) is 22.6 Å². The second-order valence-corrected chi connectivity index (χ2v) is 5.77. The van der Waals surface area contributed by atoms with E-state index in [9.17, 15) is 10.2 Å². The predicted molar refractivity (Wildman–Crippen MR) is 95.3 cm³/mol. The van der Waals surface area contributed by atoms with Crippen molar-refractivity contribution in [2.24, 2.45) is 0 Å². The van der Waals surface area contributed by atoms with Crippen LogP contribution in [0.5, 0.6) is 23.0 Å². The van der Waals surface area contributed by atoms with Gasteiger partial charge in [0.15, 0.2) is 11.5 Å². The first kappa shape index (κ1) is 16.0. The van der Waals surface area contributed by atoms with E-state index in [4.69, 9.17) is 9.47 Å². The zero-order chi connectivity index (χ0) is 17.4. The highest BCUT2D eigenvalue weighted by molar-refractivity contribution is 6.03. The molecule has 3 aromatic rings. The van der Waals surface area contributed by atoms with Crippen molar-refractivity contribution in [3.63, 3.8) is 0 Å². The number of hydrogen-bond donors (Lipinski definition) is 2. The Kier molecular flexibility index (Phi) is 3.97. The largest absolute Gasteiger partial charge is 0.507 e. The van der Waals surface area contributed by atoms with E-state index in [0.717, 1.165) is 21.9 Å². The van der Waals surface area contributed by atoms with Gasteiger partial charge in [0.1, 0.15) is 11.5 Å². The number of phenolic OH excluding ortho intramolecular Hbond substituents is 2. The molecule has 0 amide bonds. The van der Waals surface area contributed by atoms with Crippen LogP contribution in [0.3, 0.4) is 0 Å². The smallest absolute Gasteiger partial charge is 0.166 e. The number of phenols is 2. The third-order valence-electron chi connectivity index (χ3n) is 4.34. The van der Waals surface area contributed by atoms with Gasteiger partial charge in [-0.2, -0.15) is 0 Å². The van der Waals surface area contributed by atoms with Crippen molar-refractivity contribution in [1.29, 1.82) is 0 Å². The number of benzene rings is 3. The molecule has 0 saturated carbocycles. The molecule has 124 valence electrons. The van der Waals surface area contributed by atoms with Gasteiger partial charge in [-0.25, -0.2) is 0 Å².